The van der Waals surface area contributed by atoms with Gasteiger partial charge >= 0.3 is 0 Å². The van der Waals surface area contributed by atoms with Crippen molar-refractivity contribution in [2.24, 2.45) is 0 Å². The fraction of sp³-hybridized carbons (Fsp3) is 0.0189. The van der Waals surface area contributed by atoms with Gasteiger partial charge < -0.3 is 0 Å². The van der Waals surface area contributed by atoms with Crippen molar-refractivity contribution in [1.29, 1.82) is 0 Å². The molecule has 0 saturated heterocycles. The third-order valence-electron chi connectivity index (χ3n) is 9.47. The molecule has 0 aliphatic heterocycles. The molecule has 272 valence electrons. The van der Waals surface area contributed by atoms with E-state index in [-0.39, 0.29) is 7.43 Å². The van der Waals surface area contributed by atoms with E-state index in [1.54, 1.807) is 0 Å². The first kappa shape index (κ1) is 38.2. The van der Waals surface area contributed by atoms with Gasteiger partial charge in [-0.15, -0.1) is 22.7 Å². The highest BCUT2D eigenvalue weighted by Gasteiger charge is 2.10. The molecule has 57 heavy (non-hydrogen) atoms. The van der Waals surface area contributed by atoms with E-state index >= 15 is 0 Å². The Morgan fingerprint density at radius 1 is 0.333 bits per heavy atom. The number of hydrogen-bond donors (Lipinski definition) is 0. The number of halogens is 2. The van der Waals surface area contributed by atoms with Crippen LogP contribution in [0.5, 0.6) is 0 Å². The molecule has 2 heterocycles. The Hall–Kier alpha value is -5.72. The van der Waals surface area contributed by atoms with Crippen molar-refractivity contribution in [2.75, 3.05) is 0 Å². The van der Waals surface area contributed by atoms with Crippen LogP contribution in [0, 0.1) is 23.7 Å². The van der Waals surface area contributed by atoms with Crippen molar-refractivity contribution < 1.29 is 0 Å². The molecule has 0 aliphatic rings. The lowest BCUT2D eigenvalue weighted by atomic mass is 10.0. The molecule has 10 aromatic rings. The Kier molecular flexibility index (Phi) is 11.5. The molecule has 10 rings (SSSR count). The van der Waals surface area contributed by atoms with Gasteiger partial charge in [0.25, 0.3) is 0 Å². The molecule has 0 aliphatic carbocycles. The summed E-state index contributed by atoms with van der Waals surface area (Å²) in [6, 6.07) is 63.8. The molecule has 2 aromatic heterocycles. The number of benzene rings is 8. The summed E-state index contributed by atoms with van der Waals surface area (Å²) >= 11 is 11.1. The van der Waals surface area contributed by atoms with Gasteiger partial charge in [-0.3, -0.25) is 0 Å². The molecule has 0 unspecified atom stereocenters. The fourth-order valence-corrected chi connectivity index (χ4v) is 9.74. The molecule has 0 N–H and O–H groups in total. The Bertz CT molecular complexity index is 2860. The minimum Gasteiger partial charge on any atom is -0.135 e. The number of rotatable bonds is 2. The monoisotopic (exact) mass is 892 g/mol. The standard InChI is InChI=1S/C26H14Br2.C26H16S2.CH4/c27-25-17-24-18-26(28)22(14-12-20-9-5-2-6-10-20)16-23(24)15-21(25)13-11-19-7-3-1-4-8-19;1-3-7-17(8-4-1)23-15-21-11-19-12-22-16-24(18-9-5-2-6-10-18)28-26(22)14-20(19)13-25(21)27-23;/h1-10,15-18H;1-16H;1H4. The molecule has 0 fully saturated rings. The van der Waals surface area contributed by atoms with E-state index in [1.807, 2.05) is 83.3 Å². The zero-order valence-electron chi connectivity index (χ0n) is 29.9. The second-order valence-corrected chi connectivity index (χ2v) is 17.2. The second kappa shape index (κ2) is 17.2. The quantitative estimate of drug-likeness (QED) is 0.152. The van der Waals surface area contributed by atoms with E-state index in [0.29, 0.717) is 0 Å². The summed E-state index contributed by atoms with van der Waals surface area (Å²) < 4.78 is 4.67. The highest BCUT2D eigenvalue weighted by atomic mass is 79.9. The molecule has 0 bridgehead atoms. The summed E-state index contributed by atoms with van der Waals surface area (Å²) in [5, 5.41) is 7.54. The van der Waals surface area contributed by atoms with Crippen LogP contribution in [0.4, 0.5) is 0 Å². The van der Waals surface area contributed by atoms with E-state index in [0.717, 1.165) is 42.0 Å². The molecule has 0 nitrogen and oxygen atoms in total. The minimum atomic E-state index is 0. The molecule has 0 saturated carbocycles. The lowest BCUT2D eigenvalue weighted by Crippen LogP contribution is -1.85. The molecule has 0 atom stereocenters. The Morgan fingerprint density at radius 2 is 0.684 bits per heavy atom. The smallest absolute Gasteiger partial charge is 0.0397 e. The minimum absolute atomic E-state index is 0. The molecule has 0 spiro atoms. The summed E-state index contributed by atoms with van der Waals surface area (Å²) in [5.74, 6) is 13.0. The maximum atomic E-state index is 3.65. The molecular weight excluding hydrogens is 861 g/mol. The van der Waals surface area contributed by atoms with E-state index in [4.69, 9.17) is 0 Å². The van der Waals surface area contributed by atoms with Crippen LogP contribution < -0.4 is 0 Å². The van der Waals surface area contributed by atoms with Gasteiger partial charge in [0, 0.05) is 50.4 Å². The first-order valence-electron chi connectivity index (χ1n) is 18.1. The van der Waals surface area contributed by atoms with Crippen molar-refractivity contribution in [3.05, 3.63) is 213 Å². The van der Waals surface area contributed by atoms with Crippen LogP contribution in [-0.2, 0) is 0 Å². The topological polar surface area (TPSA) is 0 Å². The summed E-state index contributed by atoms with van der Waals surface area (Å²) in [6.45, 7) is 0. The Balaban J connectivity index is 0.000000157. The molecule has 8 aromatic carbocycles. The largest absolute Gasteiger partial charge is 0.135 e. The first-order valence-corrected chi connectivity index (χ1v) is 21.3. The summed E-state index contributed by atoms with van der Waals surface area (Å²) in [7, 11) is 0. The zero-order valence-corrected chi connectivity index (χ0v) is 34.7. The van der Waals surface area contributed by atoms with E-state index in [2.05, 4.69) is 177 Å². The van der Waals surface area contributed by atoms with Crippen LogP contribution >= 0.6 is 54.5 Å². The number of fused-ring (bicyclic) bond motifs is 4. The van der Waals surface area contributed by atoms with Crippen molar-refractivity contribution in [3.63, 3.8) is 0 Å². The predicted molar refractivity (Wildman–Crippen MR) is 257 cm³/mol. The fourth-order valence-electron chi connectivity index (χ4n) is 6.62. The average Bonchev–Trinajstić information content (AvgIpc) is 3.86. The van der Waals surface area contributed by atoms with E-state index < -0.39 is 0 Å². The van der Waals surface area contributed by atoms with Crippen LogP contribution in [0.2, 0.25) is 0 Å². The van der Waals surface area contributed by atoms with Gasteiger partial charge in [0.1, 0.15) is 0 Å². The Labute approximate surface area is 358 Å². The van der Waals surface area contributed by atoms with Crippen LogP contribution in [-0.4, -0.2) is 0 Å². The van der Waals surface area contributed by atoms with Crippen molar-refractivity contribution >= 4 is 96.3 Å². The lowest BCUT2D eigenvalue weighted by Gasteiger charge is -2.05. The van der Waals surface area contributed by atoms with Crippen molar-refractivity contribution in [2.45, 2.75) is 7.43 Å². The normalized spacial score (nSPS) is 10.6. The highest BCUT2D eigenvalue weighted by molar-refractivity contribution is 9.10. The third kappa shape index (κ3) is 8.67. The zero-order chi connectivity index (χ0) is 37.8. The van der Waals surface area contributed by atoms with E-state index in [1.165, 1.54) is 51.8 Å². The number of thiophene rings is 2. The van der Waals surface area contributed by atoms with Crippen LogP contribution in [0.1, 0.15) is 29.7 Å². The highest BCUT2D eigenvalue weighted by Crippen LogP contribution is 2.40. The van der Waals surface area contributed by atoms with Gasteiger partial charge in [0.05, 0.1) is 0 Å². The maximum Gasteiger partial charge on any atom is 0.0397 e. The lowest BCUT2D eigenvalue weighted by molar-refractivity contribution is 1.59. The van der Waals surface area contributed by atoms with Gasteiger partial charge in [0.2, 0.25) is 0 Å². The average molecular weight is 895 g/mol. The van der Waals surface area contributed by atoms with Crippen LogP contribution in [0.25, 0.3) is 62.6 Å². The first-order chi connectivity index (χ1) is 27.5. The van der Waals surface area contributed by atoms with Gasteiger partial charge in [-0.1, -0.05) is 128 Å². The molecule has 0 amide bonds. The maximum absolute atomic E-state index is 3.65. The number of hydrogen-bond acceptors (Lipinski definition) is 2. The van der Waals surface area contributed by atoms with Crippen molar-refractivity contribution in [3.8, 4) is 44.6 Å². The summed E-state index contributed by atoms with van der Waals surface area (Å²) in [5.41, 5.74) is 6.50. The van der Waals surface area contributed by atoms with E-state index in [9.17, 15) is 0 Å². The SMILES string of the molecule is Brc1cc2cc(Br)c(C#Cc3ccccc3)cc2cc1C#Cc1ccccc1.C.c1ccc(-c2cc3cc4cc5cc(-c6ccccc6)sc5cc4cc3s2)cc1. The van der Waals surface area contributed by atoms with Gasteiger partial charge in [-0.05, 0) is 160 Å². The van der Waals surface area contributed by atoms with Crippen LogP contribution in [0.15, 0.2) is 191 Å². The van der Waals surface area contributed by atoms with Gasteiger partial charge in [0.15, 0.2) is 0 Å². The molecule has 0 radical (unpaired) electrons. The third-order valence-corrected chi connectivity index (χ3v) is 13.1. The molecular formula is C53H34Br2S2. The molecule has 4 heteroatoms. The Morgan fingerprint density at radius 3 is 1.11 bits per heavy atom. The summed E-state index contributed by atoms with van der Waals surface area (Å²) in [4.78, 5) is 2.66. The second-order valence-electron chi connectivity index (χ2n) is 13.3. The van der Waals surface area contributed by atoms with Crippen molar-refractivity contribution in [1.82, 2.24) is 0 Å². The predicted octanol–water partition coefficient (Wildman–Crippen LogP) is 16.4. The van der Waals surface area contributed by atoms with Gasteiger partial charge in [-0.2, -0.15) is 0 Å². The van der Waals surface area contributed by atoms with Gasteiger partial charge in [-0.25, -0.2) is 0 Å². The van der Waals surface area contributed by atoms with Crippen LogP contribution in [0.3, 0.4) is 0 Å². The summed E-state index contributed by atoms with van der Waals surface area (Å²) in [6.07, 6.45) is 0.